The smallest absolute Gasteiger partial charge is 0.232 e. The summed E-state index contributed by atoms with van der Waals surface area (Å²) in [7, 11) is -7.06. The Kier molecular flexibility index (Phi) is 6.76. The maximum Gasteiger partial charge on any atom is 0.232 e. The normalized spacial score (nSPS) is 12.3. The van der Waals surface area contributed by atoms with E-state index in [1.807, 2.05) is 6.92 Å². The van der Waals surface area contributed by atoms with Crippen molar-refractivity contribution in [1.82, 2.24) is 4.72 Å². The van der Waals surface area contributed by atoms with E-state index in [1.165, 1.54) is 18.2 Å². The lowest BCUT2D eigenvalue weighted by atomic mass is 10.3. The lowest BCUT2D eigenvalue weighted by molar-refractivity contribution is 0.575. The number of anilines is 1. The SMILES string of the molecule is CCCCS(=O)(=O)NCCN(c1cccc(F)c1)S(C)(=O)=O. The molecule has 0 spiro atoms. The predicted octanol–water partition coefficient (Wildman–Crippen LogP) is 1.31. The summed E-state index contributed by atoms with van der Waals surface area (Å²) in [5.41, 5.74) is 0.162. The van der Waals surface area contributed by atoms with E-state index in [0.29, 0.717) is 6.42 Å². The van der Waals surface area contributed by atoms with Crippen molar-refractivity contribution >= 4 is 25.7 Å². The average Bonchev–Trinajstić information content (AvgIpc) is 2.40. The first-order valence-electron chi connectivity index (χ1n) is 6.86. The van der Waals surface area contributed by atoms with Crippen LogP contribution < -0.4 is 9.03 Å². The Morgan fingerprint density at radius 1 is 1.23 bits per heavy atom. The van der Waals surface area contributed by atoms with Gasteiger partial charge in [-0.15, -0.1) is 0 Å². The lowest BCUT2D eigenvalue weighted by Gasteiger charge is -2.22. The van der Waals surface area contributed by atoms with Gasteiger partial charge in [-0.1, -0.05) is 19.4 Å². The minimum absolute atomic E-state index is 0.00232. The zero-order valence-corrected chi connectivity index (χ0v) is 14.3. The molecule has 9 heteroatoms. The van der Waals surface area contributed by atoms with Crippen LogP contribution >= 0.6 is 0 Å². The summed E-state index contributed by atoms with van der Waals surface area (Å²) < 4.78 is 63.5. The average molecular weight is 352 g/mol. The summed E-state index contributed by atoms with van der Waals surface area (Å²) in [6, 6.07) is 5.15. The zero-order chi connectivity index (χ0) is 16.8. The molecule has 0 bridgehead atoms. The molecular weight excluding hydrogens is 331 g/mol. The predicted molar refractivity (Wildman–Crippen MR) is 85.3 cm³/mol. The summed E-state index contributed by atoms with van der Waals surface area (Å²) in [5.74, 6) is -0.558. The van der Waals surface area contributed by atoms with Crippen LogP contribution in [0, 0.1) is 5.82 Å². The third-order valence-corrected chi connectivity index (χ3v) is 5.56. The Morgan fingerprint density at radius 3 is 2.45 bits per heavy atom. The molecule has 0 aliphatic carbocycles. The Balaban J connectivity index is 2.77. The number of nitrogens with one attached hydrogen (secondary N) is 1. The molecule has 0 aliphatic heterocycles. The van der Waals surface area contributed by atoms with E-state index in [9.17, 15) is 21.2 Å². The number of halogens is 1. The van der Waals surface area contributed by atoms with E-state index < -0.39 is 25.9 Å². The van der Waals surface area contributed by atoms with Crippen LogP contribution in [0.25, 0.3) is 0 Å². The molecule has 1 aromatic carbocycles. The second-order valence-corrected chi connectivity index (χ2v) is 8.71. The van der Waals surface area contributed by atoms with Crippen molar-refractivity contribution < 1.29 is 21.2 Å². The van der Waals surface area contributed by atoms with Crippen LogP contribution in [0.5, 0.6) is 0 Å². The molecule has 0 saturated heterocycles. The van der Waals surface area contributed by atoms with E-state index in [-0.39, 0.29) is 24.5 Å². The van der Waals surface area contributed by atoms with Gasteiger partial charge in [-0.2, -0.15) is 0 Å². The highest BCUT2D eigenvalue weighted by Crippen LogP contribution is 2.18. The van der Waals surface area contributed by atoms with Crippen molar-refractivity contribution in [3.63, 3.8) is 0 Å². The van der Waals surface area contributed by atoms with Crippen molar-refractivity contribution in [2.24, 2.45) is 0 Å². The molecule has 0 aliphatic rings. The van der Waals surface area contributed by atoms with Crippen LogP contribution in [0.15, 0.2) is 24.3 Å². The van der Waals surface area contributed by atoms with Gasteiger partial charge in [0, 0.05) is 13.1 Å². The first kappa shape index (κ1) is 18.9. The van der Waals surface area contributed by atoms with Gasteiger partial charge in [0.05, 0.1) is 17.7 Å². The molecule has 126 valence electrons. The molecule has 6 nitrogen and oxygen atoms in total. The third-order valence-electron chi connectivity index (χ3n) is 2.90. The van der Waals surface area contributed by atoms with Crippen molar-refractivity contribution in [3.8, 4) is 0 Å². The third kappa shape index (κ3) is 6.29. The maximum absolute atomic E-state index is 13.2. The monoisotopic (exact) mass is 352 g/mol. The van der Waals surface area contributed by atoms with E-state index in [0.717, 1.165) is 23.0 Å². The summed E-state index contributed by atoms with van der Waals surface area (Å²) in [5, 5.41) is 0. The minimum Gasteiger partial charge on any atom is -0.269 e. The zero-order valence-electron chi connectivity index (χ0n) is 12.6. The highest BCUT2D eigenvalue weighted by molar-refractivity contribution is 7.92. The molecule has 0 amide bonds. The Labute approximate surface area is 131 Å². The van der Waals surface area contributed by atoms with Crippen LogP contribution in [0.4, 0.5) is 10.1 Å². The number of nitrogens with zero attached hydrogens (tertiary/aromatic N) is 1. The second kappa shape index (κ2) is 7.89. The highest BCUT2D eigenvalue weighted by Gasteiger charge is 2.18. The van der Waals surface area contributed by atoms with Crippen LogP contribution in [-0.4, -0.2) is 41.9 Å². The van der Waals surface area contributed by atoms with Gasteiger partial charge in [0.2, 0.25) is 20.0 Å². The molecule has 0 aromatic heterocycles. The summed E-state index contributed by atoms with van der Waals surface area (Å²) in [4.78, 5) is 0. The number of unbranched alkanes of at least 4 members (excludes halogenated alkanes) is 1. The molecule has 0 heterocycles. The summed E-state index contributed by atoms with van der Waals surface area (Å²) in [6.45, 7) is 1.70. The van der Waals surface area contributed by atoms with Gasteiger partial charge in [-0.3, -0.25) is 4.31 Å². The quantitative estimate of drug-likeness (QED) is 0.726. The van der Waals surface area contributed by atoms with E-state index in [1.54, 1.807) is 0 Å². The fraction of sp³-hybridized carbons (Fsp3) is 0.538. The maximum atomic E-state index is 13.2. The molecule has 0 atom stereocenters. The van der Waals surface area contributed by atoms with Gasteiger partial charge >= 0.3 is 0 Å². The van der Waals surface area contributed by atoms with Crippen molar-refractivity contribution in [1.29, 1.82) is 0 Å². The molecule has 1 N–H and O–H groups in total. The Bertz CT molecular complexity index is 690. The van der Waals surface area contributed by atoms with Gasteiger partial charge in [0.25, 0.3) is 0 Å². The van der Waals surface area contributed by atoms with Crippen LogP contribution in [0.3, 0.4) is 0 Å². The first-order valence-corrected chi connectivity index (χ1v) is 10.4. The summed E-state index contributed by atoms with van der Waals surface area (Å²) >= 11 is 0. The highest BCUT2D eigenvalue weighted by atomic mass is 32.2. The van der Waals surface area contributed by atoms with Crippen LogP contribution in [-0.2, 0) is 20.0 Å². The van der Waals surface area contributed by atoms with E-state index >= 15 is 0 Å². The summed E-state index contributed by atoms with van der Waals surface area (Å²) in [6.07, 6.45) is 2.28. The van der Waals surface area contributed by atoms with Crippen molar-refractivity contribution in [2.45, 2.75) is 19.8 Å². The molecule has 0 unspecified atom stereocenters. The Morgan fingerprint density at radius 2 is 1.91 bits per heavy atom. The second-order valence-electron chi connectivity index (χ2n) is 4.88. The number of hydrogen-bond donors (Lipinski definition) is 1. The largest absolute Gasteiger partial charge is 0.269 e. The Hall–Kier alpha value is -1.19. The number of rotatable bonds is 9. The molecule has 22 heavy (non-hydrogen) atoms. The fourth-order valence-corrected chi connectivity index (χ4v) is 3.96. The first-order chi connectivity index (χ1) is 10.2. The fourth-order valence-electron chi connectivity index (χ4n) is 1.83. The van der Waals surface area contributed by atoms with Gasteiger partial charge in [-0.25, -0.2) is 25.9 Å². The van der Waals surface area contributed by atoms with Gasteiger partial charge in [0.15, 0.2) is 0 Å². The molecule has 0 fully saturated rings. The molecule has 1 aromatic rings. The standard InChI is InChI=1S/C13H21FN2O4S2/c1-3-4-10-22(19,20)15-8-9-16(21(2,17)18)13-7-5-6-12(14)11-13/h5-7,11,15H,3-4,8-10H2,1-2H3. The number of hydrogen-bond acceptors (Lipinski definition) is 4. The van der Waals surface area contributed by atoms with E-state index in [4.69, 9.17) is 0 Å². The van der Waals surface area contributed by atoms with Gasteiger partial charge in [0.1, 0.15) is 5.82 Å². The molecule has 0 radical (unpaired) electrons. The van der Waals surface area contributed by atoms with E-state index in [2.05, 4.69) is 4.72 Å². The van der Waals surface area contributed by atoms with Gasteiger partial charge < -0.3 is 0 Å². The number of benzene rings is 1. The van der Waals surface area contributed by atoms with Crippen molar-refractivity contribution in [2.75, 3.05) is 29.4 Å². The number of sulfonamides is 2. The molecule has 1 rings (SSSR count). The van der Waals surface area contributed by atoms with Crippen LogP contribution in [0.2, 0.25) is 0 Å². The topological polar surface area (TPSA) is 83.6 Å². The van der Waals surface area contributed by atoms with Crippen molar-refractivity contribution in [3.05, 3.63) is 30.1 Å². The van der Waals surface area contributed by atoms with Gasteiger partial charge in [-0.05, 0) is 24.6 Å². The lowest BCUT2D eigenvalue weighted by Crippen LogP contribution is -2.38. The minimum atomic E-state index is -3.64. The molecule has 0 saturated carbocycles. The van der Waals surface area contributed by atoms with Crippen LogP contribution in [0.1, 0.15) is 19.8 Å². The molecular formula is C13H21FN2O4S2.